The van der Waals surface area contributed by atoms with Gasteiger partial charge in [0, 0.05) is 24.8 Å². The number of imidazole rings is 1. The van der Waals surface area contributed by atoms with Crippen LogP contribution < -0.4 is 11.0 Å². The lowest BCUT2D eigenvalue weighted by molar-refractivity contribution is 0.0966. The van der Waals surface area contributed by atoms with Gasteiger partial charge in [-0.15, -0.1) is 0 Å². The maximum Gasteiger partial charge on any atom is 0.411 e. The molecule has 0 saturated carbocycles. The van der Waals surface area contributed by atoms with E-state index in [2.05, 4.69) is 46.4 Å². The van der Waals surface area contributed by atoms with Gasteiger partial charge in [0.15, 0.2) is 0 Å². The molecule has 5 aromatic rings. The Kier molecular flexibility index (Phi) is 7.66. The normalized spacial score (nSPS) is 11.9. The molecule has 0 radical (unpaired) electrons. The molecule has 1 atom stereocenters. The molecule has 0 spiro atoms. The highest BCUT2D eigenvalue weighted by Gasteiger charge is 2.17. The first-order valence-electron chi connectivity index (χ1n) is 12.6. The molecule has 1 amide bonds. The van der Waals surface area contributed by atoms with Crippen LogP contribution in [0.2, 0.25) is 0 Å². The number of nitrogens with one attached hydrogen (secondary N) is 2. The number of ether oxygens (including phenoxy) is 1. The first kappa shape index (κ1) is 25.0. The van der Waals surface area contributed by atoms with E-state index in [1.807, 2.05) is 60.7 Å². The van der Waals surface area contributed by atoms with Crippen LogP contribution in [0.15, 0.2) is 114 Å². The van der Waals surface area contributed by atoms with Gasteiger partial charge < -0.3 is 9.72 Å². The van der Waals surface area contributed by atoms with Crippen molar-refractivity contribution in [2.45, 2.75) is 26.1 Å². The van der Waals surface area contributed by atoms with Gasteiger partial charge in [-0.2, -0.15) is 0 Å². The van der Waals surface area contributed by atoms with Crippen molar-refractivity contribution in [3.8, 4) is 5.69 Å². The Morgan fingerprint density at radius 3 is 2.05 bits per heavy atom. The third kappa shape index (κ3) is 6.02. The molecule has 4 aromatic carbocycles. The second-order valence-corrected chi connectivity index (χ2v) is 9.28. The molecule has 0 aliphatic rings. The molecular weight excluding hydrogens is 476 g/mol. The number of para-hydroxylation sites is 2. The first-order valence-corrected chi connectivity index (χ1v) is 12.6. The summed E-state index contributed by atoms with van der Waals surface area (Å²) in [6.07, 6.45) is -0.520. The van der Waals surface area contributed by atoms with E-state index in [1.54, 1.807) is 28.8 Å². The second kappa shape index (κ2) is 11.6. The summed E-state index contributed by atoms with van der Waals surface area (Å²) in [5, 5.41) is 2.79. The van der Waals surface area contributed by atoms with Crippen LogP contribution in [0, 0.1) is 0 Å². The fraction of sp³-hybridized carbons (Fsp3) is 0.161. The number of fused-ring (bicyclic) bond motifs is 1. The lowest BCUT2D eigenvalue weighted by Crippen LogP contribution is -2.36. The molecule has 5 rings (SSSR count). The quantitative estimate of drug-likeness (QED) is 0.259. The van der Waals surface area contributed by atoms with Gasteiger partial charge in [0.1, 0.15) is 6.61 Å². The average molecular weight is 507 g/mol. The number of carbonyl (C=O) groups excluding carboxylic acids is 1. The van der Waals surface area contributed by atoms with Crippen molar-refractivity contribution in [2.75, 3.05) is 11.9 Å². The van der Waals surface area contributed by atoms with Gasteiger partial charge in [-0.3, -0.25) is 14.8 Å². The Labute approximate surface area is 221 Å². The zero-order chi connectivity index (χ0) is 26.3. The van der Waals surface area contributed by atoms with E-state index < -0.39 is 6.09 Å². The number of hydrogen-bond acceptors (Lipinski definition) is 4. The van der Waals surface area contributed by atoms with Crippen LogP contribution in [0.3, 0.4) is 0 Å². The van der Waals surface area contributed by atoms with Crippen molar-refractivity contribution >= 4 is 22.8 Å². The maximum atomic E-state index is 12.6. The zero-order valence-corrected chi connectivity index (χ0v) is 21.2. The number of amides is 1. The minimum atomic E-state index is -0.520. The van der Waals surface area contributed by atoms with Crippen LogP contribution in [0.4, 0.5) is 10.5 Å². The van der Waals surface area contributed by atoms with Gasteiger partial charge in [0.05, 0.1) is 16.7 Å². The number of benzene rings is 4. The van der Waals surface area contributed by atoms with Gasteiger partial charge in [-0.1, -0.05) is 72.8 Å². The highest BCUT2D eigenvalue weighted by atomic mass is 16.5. The minimum absolute atomic E-state index is 0.00251. The molecule has 0 bridgehead atoms. The molecule has 192 valence electrons. The monoisotopic (exact) mass is 506 g/mol. The fourth-order valence-electron chi connectivity index (χ4n) is 4.46. The average Bonchev–Trinajstić information content (AvgIpc) is 3.28. The Balaban J connectivity index is 1.21. The molecule has 1 aromatic heterocycles. The highest BCUT2D eigenvalue weighted by molar-refractivity contribution is 5.85. The predicted molar refractivity (Wildman–Crippen MR) is 150 cm³/mol. The van der Waals surface area contributed by atoms with E-state index in [9.17, 15) is 9.59 Å². The van der Waals surface area contributed by atoms with Crippen LogP contribution in [-0.2, 0) is 17.8 Å². The minimum Gasteiger partial charge on any atom is -0.448 e. The first-order chi connectivity index (χ1) is 18.6. The van der Waals surface area contributed by atoms with Crippen molar-refractivity contribution in [3.63, 3.8) is 0 Å². The number of aromatic nitrogens is 2. The number of nitrogens with zero attached hydrogens (tertiary/aromatic N) is 2. The summed E-state index contributed by atoms with van der Waals surface area (Å²) < 4.78 is 7.20. The molecular formula is C31H30N4O3. The maximum absolute atomic E-state index is 12.6. The fourth-order valence-corrected chi connectivity index (χ4v) is 4.46. The van der Waals surface area contributed by atoms with Crippen LogP contribution in [-0.4, -0.2) is 33.2 Å². The number of rotatable bonds is 9. The smallest absolute Gasteiger partial charge is 0.411 e. The van der Waals surface area contributed by atoms with Gasteiger partial charge >= 0.3 is 11.8 Å². The van der Waals surface area contributed by atoms with Gasteiger partial charge in [-0.05, 0) is 54.4 Å². The molecule has 0 aliphatic carbocycles. The highest BCUT2D eigenvalue weighted by Crippen LogP contribution is 2.18. The summed E-state index contributed by atoms with van der Waals surface area (Å²) in [6, 6.07) is 35.2. The lowest BCUT2D eigenvalue weighted by atomic mass is 10.1. The van der Waals surface area contributed by atoms with E-state index in [1.165, 1.54) is 11.1 Å². The van der Waals surface area contributed by atoms with E-state index >= 15 is 0 Å². The third-order valence-electron chi connectivity index (χ3n) is 6.50. The van der Waals surface area contributed by atoms with E-state index in [-0.39, 0.29) is 18.3 Å². The SMILES string of the molecule is CC(COC(=O)Nc1ccc(-n2c(=O)[nH]c3ccccc32)cc1)N(Cc1ccccc1)Cc1ccccc1. The van der Waals surface area contributed by atoms with Gasteiger partial charge in [0.2, 0.25) is 0 Å². The number of hydrogen-bond donors (Lipinski definition) is 2. The van der Waals surface area contributed by atoms with Crippen molar-refractivity contribution in [3.05, 3.63) is 131 Å². The summed E-state index contributed by atoms with van der Waals surface area (Å²) in [6.45, 7) is 3.80. The summed E-state index contributed by atoms with van der Waals surface area (Å²) in [5.74, 6) is 0. The molecule has 2 N–H and O–H groups in total. The zero-order valence-electron chi connectivity index (χ0n) is 21.2. The van der Waals surface area contributed by atoms with E-state index in [4.69, 9.17) is 4.74 Å². The summed E-state index contributed by atoms with van der Waals surface area (Å²) in [7, 11) is 0. The van der Waals surface area contributed by atoms with Crippen molar-refractivity contribution in [1.29, 1.82) is 0 Å². The molecule has 7 nitrogen and oxygen atoms in total. The molecule has 1 heterocycles. The van der Waals surface area contributed by atoms with Crippen LogP contribution >= 0.6 is 0 Å². The Morgan fingerprint density at radius 1 is 0.842 bits per heavy atom. The Bertz CT molecular complexity index is 1500. The van der Waals surface area contributed by atoms with E-state index in [0.717, 1.165) is 24.1 Å². The molecule has 7 heteroatoms. The van der Waals surface area contributed by atoms with E-state index in [0.29, 0.717) is 11.4 Å². The second-order valence-electron chi connectivity index (χ2n) is 9.28. The van der Waals surface area contributed by atoms with Crippen molar-refractivity contribution in [2.24, 2.45) is 0 Å². The predicted octanol–water partition coefficient (Wildman–Crippen LogP) is 5.96. The molecule has 0 aliphatic heterocycles. The van der Waals surface area contributed by atoms with Gasteiger partial charge in [-0.25, -0.2) is 9.59 Å². The number of carbonyl (C=O) groups is 1. The Hall–Kier alpha value is -4.62. The summed E-state index contributed by atoms with van der Waals surface area (Å²) in [5.41, 5.74) is 5.05. The van der Waals surface area contributed by atoms with Crippen LogP contribution in [0.25, 0.3) is 16.7 Å². The van der Waals surface area contributed by atoms with Crippen LogP contribution in [0.5, 0.6) is 0 Å². The third-order valence-corrected chi connectivity index (χ3v) is 6.50. The number of H-pyrrole nitrogens is 1. The topological polar surface area (TPSA) is 79.4 Å². The van der Waals surface area contributed by atoms with Crippen molar-refractivity contribution in [1.82, 2.24) is 14.5 Å². The molecule has 0 saturated heterocycles. The summed E-state index contributed by atoms with van der Waals surface area (Å²) >= 11 is 0. The van der Waals surface area contributed by atoms with Gasteiger partial charge in [0.25, 0.3) is 0 Å². The lowest BCUT2D eigenvalue weighted by Gasteiger charge is -2.29. The van der Waals surface area contributed by atoms with Crippen LogP contribution in [0.1, 0.15) is 18.1 Å². The Morgan fingerprint density at radius 2 is 1.42 bits per heavy atom. The number of anilines is 1. The van der Waals surface area contributed by atoms with Crippen molar-refractivity contribution < 1.29 is 9.53 Å². The standard InChI is InChI=1S/C31H30N4O3/c1-23(34(20-24-10-4-2-5-11-24)21-25-12-6-3-7-13-25)22-38-31(37)32-26-16-18-27(19-17-26)35-29-15-9-8-14-28(29)33-30(35)36/h2-19,23H,20-22H2,1H3,(H,32,37)(H,33,36). The largest absolute Gasteiger partial charge is 0.448 e. The summed E-state index contributed by atoms with van der Waals surface area (Å²) in [4.78, 5) is 30.2. The molecule has 38 heavy (non-hydrogen) atoms. The molecule has 1 unspecified atom stereocenters. The number of aromatic amines is 1. The molecule has 0 fully saturated rings.